The van der Waals surface area contributed by atoms with Gasteiger partial charge in [-0.2, -0.15) is 0 Å². The molecule has 0 unspecified atom stereocenters. The Morgan fingerprint density at radius 1 is 0.773 bits per heavy atom. The summed E-state index contributed by atoms with van der Waals surface area (Å²) < 4.78 is 0. The van der Waals surface area contributed by atoms with Crippen molar-refractivity contribution in [2.45, 2.75) is 34.1 Å². The third-order valence-electron chi connectivity index (χ3n) is 4.13. The molecule has 0 radical (unpaired) electrons. The molecule has 3 aromatic carbocycles. The largest absolute Gasteiger partial charge is 0.0625 e. The first-order valence-corrected chi connectivity index (χ1v) is 8.13. The molecule has 0 nitrogen and oxygen atoms in total. The molecule has 0 spiro atoms. The van der Waals surface area contributed by atoms with Gasteiger partial charge in [0, 0.05) is 0 Å². The van der Waals surface area contributed by atoms with Crippen LogP contribution in [0.4, 0.5) is 0 Å². The Morgan fingerprint density at radius 2 is 1.41 bits per heavy atom. The van der Waals surface area contributed by atoms with Gasteiger partial charge in [0.15, 0.2) is 0 Å². The molecule has 0 aromatic heterocycles. The fourth-order valence-electron chi connectivity index (χ4n) is 3.31. The van der Waals surface area contributed by atoms with E-state index in [-0.39, 0.29) is 0 Å². The highest BCUT2D eigenvalue weighted by Crippen LogP contribution is 2.30. The van der Waals surface area contributed by atoms with Crippen molar-refractivity contribution in [3.63, 3.8) is 0 Å². The minimum absolute atomic E-state index is 0.665. The second-order valence-corrected chi connectivity index (χ2v) is 6.83. The summed E-state index contributed by atoms with van der Waals surface area (Å²) in [6.45, 7) is 8.93. The van der Waals surface area contributed by atoms with Gasteiger partial charge in [0.1, 0.15) is 0 Å². The molecule has 0 heterocycles. The molecule has 0 aliphatic rings. The maximum absolute atomic E-state index is 2.39. The zero-order chi connectivity index (χ0) is 15.7. The van der Waals surface area contributed by atoms with Gasteiger partial charge < -0.3 is 0 Å². The van der Waals surface area contributed by atoms with E-state index in [0.29, 0.717) is 5.92 Å². The molecule has 3 aromatic rings. The van der Waals surface area contributed by atoms with Crippen LogP contribution in [0.1, 0.15) is 30.5 Å². The van der Waals surface area contributed by atoms with E-state index < -0.39 is 0 Å². The van der Waals surface area contributed by atoms with E-state index in [9.17, 15) is 0 Å². The lowest BCUT2D eigenvalue weighted by atomic mass is 9.91. The average Bonchev–Trinajstić information content (AvgIpc) is 2.45. The van der Waals surface area contributed by atoms with Crippen LogP contribution in [0, 0.1) is 19.8 Å². The first-order chi connectivity index (χ1) is 10.5. The van der Waals surface area contributed by atoms with E-state index in [0.717, 1.165) is 6.42 Å². The summed E-state index contributed by atoms with van der Waals surface area (Å²) in [7, 11) is 0. The van der Waals surface area contributed by atoms with Crippen molar-refractivity contribution in [3.05, 3.63) is 71.3 Å². The van der Waals surface area contributed by atoms with Gasteiger partial charge in [-0.1, -0.05) is 73.5 Å². The van der Waals surface area contributed by atoms with E-state index in [2.05, 4.69) is 82.3 Å². The second kappa shape index (κ2) is 5.96. The molecule has 3 rings (SSSR count). The molecular weight excluding hydrogens is 264 g/mol. The lowest BCUT2D eigenvalue weighted by molar-refractivity contribution is 0.650. The first kappa shape index (κ1) is 14.8. The van der Waals surface area contributed by atoms with Crippen molar-refractivity contribution in [2.24, 2.45) is 5.92 Å². The molecular formula is C22H24. The Labute approximate surface area is 133 Å². The van der Waals surface area contributed by atoms with Crippen molar-refractivity contribution >= 4 is 10.8 Å². The summed E-state index contributed by atoms with van der Waals surface area (Å²) in [5, 5.41) is 2.74. The summed E-state index contributed by atoms with van der Waals surface area (Å²) in [6.07, 6.45) is 1.12. The quantitative estimate of drug-likeness (QED) is 0.529. The Bertz CT molecular complexity index is 789. The topological polar surface area (TPSA) is 0 Å². The molecule has 0 amide bonds. The number of aryl methyl sites for hydroxylation is 2. The van der Waals surface area contributed by atoms with Crippen LogP contribution in [0.5, 0.6) is 0 Å². The summed E-state index contributed by atoms with van der Waals surface area (Å²) in [5.74, 6) is 0.665. The van der Waals surface area contributed by atoms with E-state index >= 15 is 0 Å². The van der Waals surface area contributed by atoms with Crippen LogP contribution < -0.4 is 0 Å². The highest BCUT2D eigenvalue weighted by molar-refractivity contribution is 5.90. The van der Waals surface area contributed by atoms with Crippen LogP contribution >= 0.6 is 0 Å². The maximum atomic E-state index is 2.39. The molecule has 0 aliphatic heterocycles. The number of benzene rings is 3. The smallest absolute Gasteiger partial charge is 0.0151 e. The van der Waals surface area contributed by atoms with Gasteiger partial charge in [0.25, 0.3) is 0 Å². The lowest BCUT2D eigenvalue weighted by Gasteiger charge is -2.13. The van der Waals surface area contributed by atoms with Gasteiger partial charge in [-0.25, -0.2) is 0 Å². The normalized spacial score (nSPS) is 11.3. The molecule has 0 heteroatoms. The van der Waals surface area contributed by atoms with E-state index in [1.165, 1.54) is 38.6 Å². The highest BCUT2D eigenvalue weighted by Gasteiger charge is 2.08. The molecule has 0 saturated carbocycles. The third-order valence-corrected chi connectivity index (χ3v) is 4.13. The fraction of sp³-hybridized carbons (Fsp3) is 0.273. The molecule has 0 fully saturated rings. The molecule has 0 saturated heterocycles. The minimum Gasteiger partial charge on any atom is -0.0625 e. The molecule has 112 valence electrons. The third kappa shape index (κ3) is 3.06. The Hall–Kier alpha value is -2.08. The van der Waals surface area contributed by atoms with Crippen molar-refractivity contribution < 1.29 is 0 Å². The molecule has 0 atom stereocenters. The SMILES string of the molecule is Cc1cc(C)cc(-c2cc(CC(C)C)c3ccccc3c2)c1. The fourth-order valence-corrected chi connectivity index (χ4v) is 3.31. The number of hydrogen-bond donors (Lipinski definition) is 0. The summed E-state index contributed by atoms with van der Waals surface area (Å²) >= 11 is 0. The van der Waals surface area contributed by atoms with Crippen molar-refractivity contribution in [1.29, 1.82) is 0 Å². The van der Waals surface area contributed by atoms with E-state index in [4.69, 9.17) is 0 Å². The number of fused-ring (bicyclic) bond motifs is 1. The summed E-state index contributed by atoms with van der Waals surface area (Å²) in [6, 6.07) is 20.3. The molecule has 0 aliphatic carbocycles. The Morgan fingerprint density at radius 3 is 2.09 bits per heavy atom. The van der Waals surface area contributed by atoms with Gasteiger partial charge >= 0.3 is 0 Å². The van der Waals surface area contributed by atoms with Gasteiger partial charge in [0.05, 0.1) is 0 Å². The number of hydrogen-bond acceptors (Lipinski definition) is 0. The van der Waals surface area contributed by atoms with Gasteiger partial charge in [-0.15, -0.1) is 0 Å². The Balaban J connectivity index is 2.21. The predicted molar refractivity (Wildman–Crippen MR) is 97.4 cm³/mol. The monoisotopic (exact) mass is 288 g/mol. The van der Waals surface area contributed by atoms with Crippen molar-refractivity contribution in [2.75, 3.05) is 0 Å². The number of rotatable bonds is 3. The van der Waals surface area contributed by atoms with Crippen LogP contribution in [0.2, 0.25) is 0 Å². The van der Waals surface area contributed by atoms with Gasteiger partial charge in [0.2, 0.25) is 0 Å². The predicted octanol–water partition coefficient (Wildman–Crippen LogP) is 6.32. The van der Waals surface area contributed by atoms with Gasteiger partial charge in [-0.05, 0) is 59.7 Å². The Kier molecular flexibility index (Phi) is 4.02. The van der Waals surface area contributed by atoms with E-state index in [1.807, 2.05) is 0 Å². The van der Waals surface area contributed by atoms with Crippen molar-refractivity contribution in [3.8, 4) is 11.1 Å². The van der Waals surface area contributed by atoms with Crippen LogP contribution in [0.3, 0.4) is 0 Å². The van der Waals surface area contributed by atoms with E-state index in [1.54, 1.807) is 0 Å². The molecule has 22 heavy (non-hydrogen) atoms. The second-order valence-electron chi connectivity index (χ2n) is 6.83. The van der Waals surface area contributed by atoms with Crippen molar-refractivity contribution in [1.82, 2.24) is 0 Å². The minimum atomic E-state index is 0.665. The zero-order valence-corrected chi connectivity index (χ0v) is 14.0. The van der Waals surface area contributed by atoms with Gasteiger partial charge in [-0.3, -0.25) is 0 Å². The average molecular weight is 288 g/mol. The van der Waals surface area contributed by atoms with Crippen LogP contribution in [-0.2, 0) is 6.42 Å². The molecule has 0 N–H and O–H groups in total. The van der Waals surface area contributed by atoms with Crippen LogP contribution in [0.15, 0.2) is 54.6 Å². The summed E-state index contributed by atoms with van der Waals surface area (Å²) in [4.78, 5) is 0. The zero-order valence-electron chi connectivity index (χ0n) is 14.0. The first-order valence-electron chi connectivity index (χ1n) is 8.13. The van der Waals surface area contributed by atoms with Crippen LogP contribution in [0.25, 0.3) is 21.9 Å². The lowest BCUT2D eigenvalue weighted by Crippen LogP contribution is -1.96. The summed E-state index contributed by atoms with van der Waals surface area (Å²) in [5.41, 5.74) is 6.78. The molecule has 0 bridgehead atoms. The highest BCUT2D eigenvalue weighted by atomic mass is 14.1. The van der Waals surface area contributed by atoms with Crippen LogP contribution in [-0.4, -0.2) is 0 Å². The standard InChI is InChI=1S/C22H24/c1-15(2)9-21-14-20(13-18-7-5-6-8-22(18)21)19-11-16(3)10-17(4)12-19/h5-8,10-15H,9H2,1-4H3. The maximum Gasteiger partial charge on any atom is -0.0151 e.